The highest BCUT2D eigenvalue weighted by molar-refractivity contribution is 6.32. The third-order valence-electron chi connectivity index (χ3n) is 5.19. The van der Waals surface area contributed by atoms with Crippen LogP contribution in [0.5, 0.6) is 5.75 Å². The molecule has 1 saturated heterocycles. The molecular formula is C22H24ClN5O2. The van der Waals surface area contributed by atoms with Gasteiger partial charge in [0.25, 0.3) is 0 Å². The maximum Gasteiger partial charge on any atom is 0.137 e. The Labute approximate surface area is 180 Å². The van der Waals surface area contributed by atoms with E-state index in [1.807, 2.05) is 11.0 Å². The number of benzene rings is 2. The van der Waals surface area contributed by atoms with Crippen LogP contribution in [0.15, 0.2) is 41.4 Å². The Kier molecular flexibility index (Phi) is 6.93. The number of likely N-dealkylation sites (tertiary alicyclic amines) is 1. The molecule has 156 valence electrons. The van der Waals surface area contributed by atoms with E-state index in [1.165, 1.54) is 0 Å². The molecule has 2 aromatic rings. The molecule has 2 aromatic carbocycles. The topological polar surface area (TPSA) is 119 Å². The summed E-state index contributed by atoms with van der Waals surface area (Å²) >= 11 is 6.17. The largest absolute Gasteiger partial charge is 0.495 e. The Morgan fingerprint density at radius 1 is 1.37 bits per heavy atom. The zero-order valence-electron chi connectivity index (χ0n) is 16.7. The lowest BCUT2D eigenvalue weighted by Gasteiger charge is -2.21. The summed E-state index contributed by atoms with van der Waals surface area (Å²) in [7, 11) is 1.55. The number of aliphatic hydroxyl groups excluding tert-OH is 1. The minimum Gasteiger partial charge on any atom is -0.495 e. The highest BCUT2D eigenvalue weighted by atomic mass is 35.5. The number of nitrogens with zero attached hydrogens (tertiary/aromatic N) is 3. The molecule has 7 nitrogen and oxygen atoms in total. The third-order valence-corrected chi connectivity index (χ3v) is 5.48. The van der Waals surface area contributed by atoms with Crippen molar-refractivity contribution in [2.24, 2.45) is 16.6 Å². The molecule has 0 amide bonds. The Bertz CT molecular complexity index is 1020. The minimum atomic E-state index is 0.109. The molecule has 30 heavy (non-hydrogen) atoms. The van der Waals surface area contributed by atoms with Crippen molar-refractivity contribution in [3.8, 4) is 11.8 Å². The number of nitrogens with one attached hydrogen (secondary N) is 1. The van der Waals surface area contributed by atoms with Gasteiger partial charge in [-0.05, 0) is 42.3 Å². The molecule has 0 aromatic heterocycles. The highest BCUT2D eigenvalue weighted by Gasteiger charge is 2.26. The van der Waals surface area contributed by atoms with Crippen LogP contribution in [0, 0.1) is 22.7 Å². The van der Waals surface area contributed by atoms with Crippen molar-refractivity contribution in [2.75, 3.05) is 26.8 Å². The van der Waals surface area contributed by atoms with E-state index in [-0.39, 0.29) is 18.4 Å². The Morgan fingerprint density at radius 2 is 2.17 bits per heavy atom. The molecule has 1 fully saturated rings. The number of ether oxygens (including phenoxy) is 1. The molecule has 1 aliphatic rings. The molecule has 4 N–H and O–H groups in total. The molecule has 3 rings (SSSR count). The molecule has 0 spiro atoms. The van der Waals surface area contributed by atoms with E-state index in [2.05, 4.69) is 11.1 Å². The lowest BCUT2D eigenvalue weighted by Crippen LogP contribution is -2.31. The van der Waals surface area contributed by atoms with E-state index in [1.54, 1.807) is 37.4 Å². The molecular weight excluding hydrogens is 402 g/mol. The first-order chi connectivity index (χ1) is 14.5. The van der Waals surface area contributed by atoms with Crippen molar-refractivity contribution in [3.63, 3.8) is 0 Å². The van der Waals surface area contributed by atoms with Crippen molar-refractivity contribution in [1.82, 2.24) is 4.90 Å². The lowest BCUT2D eigenvalue weighted by molar-refractivity contribution is 0.232. The second-order valence-corrected chi connectivity index (χ2v) is 7.58. The van der Waals surface area contributed by atoms with E-state index >= 15 is 0 Å². The van der Waals surface area contributed by atoms with Gasteiger partial charge in [-0.25, -0.2) is 0 Å². The van der Waals surface area contributed by atoms with Crippen molar-refractivity contribution < 1.29 is 9.84 Å². The molecule has 1 atom stereocenters. The van der Waals surface area contributed by atoms with Crippen molar-refractivity contribution >= 4 is 23.3 Å². The number of hydrogen-bond acceptors (Lipinski definition) is 5. The van der Waals surface area contributed by atoms with Gasteiger partial charge in [-0.15, -0.1) is 0 Å². The van der Waals surface area contributed by atoms with Gasteiger partial charge >= 0.3 is 0 Å². The molecule has 8 heteroatoms. The van der Waals surface area contributed by atoms with Crippen LogP contribution in [0.1, 0.15) is 28.7 Å². The summed E-state index contributed by atoms with van der Waals surface area (Å²) in [6.07, 6.45) is 0.840. The van der Waals surface area contributed by atoms with Gasteiger partial charge in [-0.3, -0.25) is 10.4 Å². The van der Waals surface area contributed by atoms with Gasteiger partial charge in [0.15, 0.2) is 0 Å². The predicted molar refractivity (Wildman–Crippen MR) is 117 cm³/mol. The lowest BCUT2D eigenvalue weighted by atomic mass is 10.0. The first kappa shape index (κ1) is 21.6. The van der Waals surface area contributed by atoms with Gasteiger partial charge in [-0.2, -0.15) is 5.26 Å². The number of nitriles is 1. The standard InChI is InChI=1S/C22H24ClN5O2/c1-30-20-5-3-15(9-19(20)23)11-27-21(25)18-8-14(10-24)2-4-17(18)22(26)28-7-6-16(12-28)13-29/h2-5,8-9,16,26,29H,6-7,11-13H2,1H3,(H2,25,27). The van der Waals surface area contributed by atoms with E-state index < -0.39 is 0 Å². The van der Waals surface area contributed by atoms with E-state index in [9.17, 15) is 10.4 Å². The zero-order chi connectivity index (χ0) is 21.7. The quantitative estimate of drug-likeness (QED) is 0.485. The summed E-state index contributed by atoms with van der Waals surface area (Å²) < 4.78 is 5.16. The smallest absolute Gasteiger partial charge is 0.137 e. The van der Waals surface area contributed by atoms with E-state index in [4.69, 9.17) is 27.5 Å². The maximum absolute atomic E-state index is 9.39. The Morgan fingerprint density at radius 3 is 2.80 bits per heavy atom. The maximum atomic E-state index is 9.39. The van der Waals surface area contributed by atoms with Crippen LogP contribution in [0.4, 0.5) is 0 Å². The molecule has 1 aliphatic heterocycles. The number of aliphatic hydroxyl groups is 1. The van der Waals surface area contributed by atoms with Crippen LogP contribution in [0.3, 0.4) is 0 Å². The summed E-state index contributed by atoms with van der Waals surface area (Å²) in [4.78, 5) is 6.39. The second kappa shape index (κ2) is 9.61. The zero-order valence-corrected chi connectivity index (χ0v) is 17.5. The number of halogens is 1. The average Bonchev–Trinajstić information content (AvgIpc) is 3.26. The fourth-order valence-electron chi connectivity index (χ4n) is 3.46. The molecule has 0 bridgehead atoms. The van der Waals surface area contributed by atoms with Crippen LogP contribution in [0.2, 0.25) is 5.02 Å². The molecule has 0 radical (unpaired) electrons. The van der Waals surface area contributed by atoms with Crippen LogP contribution in [-0.4, -0.2) is 48.5 Å². The number of rotatable bonds is 6. The number of methoxy groups -OCH3 is 1. The van der Waals surface area contributed by atoms with Gasteiger partial charge in [0.2, 0.25) is 0 Å². The first-order valence-electron chi connectivity index (χ1n) is 9.58. The van der Waals surface area contributed by atoms with Crippen LogP contribution in [-0.2, 0) is 6.54 Å². The molecule has 0 saturated carbocycles. The van der Waals surface area contributed by atoms with E-state index in [0.29, 0.717) is 52.9 Å². The minimum absolute atomic E-state index is 0.109. The van der Waals surface area contributed by atoms with Crippen molar-refractivity contribution in [2.45, 2.75) is 13.0 Å². The average molecular weight is 426 g/mol. The summed E-state index contributed by atoms with van der Waals surface area (Å²) in [6.45, 7) is 1.73. The Hall–Kier alpha value is -3.08. The van der Waals surface area contributed by atoms with Crippen LogP contribution < -0.4 is 10.5 Å². The monoisotopic (exact) mass is 425 g/mol. The van der Waals surface area contributed by atoms with Gasteiger partial charge in [-0.1, -0.05) is 17.7 Å². The first-order valence-corrected chi connectivity index (χ1v) is 9.96. The number of hydrogen-bond donors (Lipinski definition) is 3. The third kappa shape index (κ3) is 4.73. The van der Waals surface area contributed by atoms with Gasteiger partial charge in [0, 0.05) is 36.7 Å². The summed E-state index contributed by atoms with van der Waals surface area (Å²) in [6, 6.07) is 12.6. The number of aliphatic imine (C=N–C) groups is 1. The Balaban J connectivity index is 1.87. The predicted octanol–water partition coefficient (Wildman–Crippen LogP) is 2.77. The fourth-order valence-corrected chi connectivity index (χ4v) is 3.74. The normalized spacial score (nSPS) is 16.4. The number of amidine groups is 2. The van der Waals surface area contributed by atoms with Crippen LogP contribution in [0.25, 0.3) is 0 Å². The molecule has 0 aliphatic carbocycles. The van der Waals surface area contributed by atoms with E-state index in [0.717, 1.165) is 12.0 Å². The highest BCUT2D eigenvalue weighted by Crippen LogP contribution is 2.25. The molecule has 1 heterocycles. The second-order valence-electron chi connectivity index (χ2n) is 7.17. The summed E-state index contributed by atoms with van der Waals surface area (Å²) in [5, 5.41) is 27.8. The van der Waals surface area contributed by atoms with Gasteiger partial charge in [0.05, 0.1) is 30.3 Å². The summed E-state index contributed by atoms with van der Waals surface area (Å²) in [5.74, 6) is 1.31. The molecule has 1 unspecified atom stereocenters. The van der Waals surface area contributed by atoms with Gasteiger partial charge in [0.1, 0.15) is 17.4 Å². The van der Waals surface area contributed by atoms with Crippen molar-refractivity contribution in [1.29, 1.82) is 10.7 Å². The van der Waals surface area contributed by atoms with Crippen molar-refractivity contribution in [3.05, 3.63) is 63.7 Å². The summed E-state index contributed by atoms with van der Waals surface area (Å²) in [5.41, 5.74) is 8.75. The van der Waals surface area contributed by atoms with Crippen LogP contribution >= 0.6 is 11.6 Å². The number of nitrogens with two attached hydrogens (primary N) is 1. The van der Waals surface area contributed by atoms with Gasteiger partial charge < -0.3 is 20.5 Å². The fraction of sp³-hybridized carbons (Fsp3) is 0.318. The SMILES string of the molecule is COc1ccc(CN=C(N)c2cc(C#N)ccc2C(=N)N2CCC(CO)C2)cc1Cl.